The number of ether oxygens (including phenoxy) is 1. The lowest BCUT2D eigenvalue weighted by molar-refractivity contribution is 0.125. The van der Waals surface area contributed by atoms with Crippen molar-refractivity contribution in [3.8, 4) is 0 Å². The molecule has 2 heterocycles. The largest absolute Gasteiger partial charge is 0.381 e. The van der Waals surface area contributed by atoms with E-state index in [1.54, 1.807) is 0 Å². The Labute approximate surface area is 149 Å². The summed E-state index contributed by atoms with van der Waals surface area (Å²) in [6.45, 7) is 8.47. The lowest BCUT2D eigenvalue weighted by Crippen LogP contribution is -2.47. The topological polar surface area (TPSA) is 71.7 Å². The molecular formula is C18H30N4O3. The van der Waals surface area contributed by atoms with Gasteiger partial charge in [0.15, 0.2) is 5.82 Å². The lowest BCUT2D eigenvalue weighted by Gasteiger charge is -2.34. The molecule has 0 N–H and O–H groups in total. The smallest absolute Gasteiger partial charge is 0.320 e. The maximum absolute atomic E-state index is 12.5. The fourth-order valence-corrected chi connectivity index (χ4v) is 3.28. The second kappa shape index (κ2) is 8.65. The molecule has 1 aromatic rings. The van der Waals surface area contributed by atoms with Crippen LogP contribution < -0.4 is 0 Å². The summed E-state index contributed by atoms with van der Waals surface area (Å²) in [5, 5.41) is 4.08. The Kier molecular flexibility index (Phi) is 6.29. The van der Waals surface area contributed by atoms with Gasteiger partial charge in [-0.3, -0.25) is 0 Å². The molecule has 2 fully saturated rings. The first-order valence-corrected chi connectivity index (χ1v) is 9.65. The number of carbonyl (C=O) groups excluding carboxylic acids is 1. The normalized spacial score (nSPS) is 20.7. The molecule has 0 radical (unpaired) electrons. The minimum Gasteiger partial charge on any atom is -0.381 e. The average molecular weight is 350 g/mol. The van der Waals surface area contributed by atoms with Gasteiger partial charge in [-0.15, -0.1) is 0 Å². The molecule has 1 aromatic heterocycles. The molecule has 1 atom stereocenters. The number of hydrogen-bond donors (Lipinski definition) is 0. The van der Waals surface area contributed by atoms with Crippen LogP contribution in [0.2, 0.25) is 0 Å². The molecule has 1 aliphatic carbocycles. The van der Waals surface area contributed by atoms with Crippen molar-refractivity contribution >= 4 is 6.03 Å². The van der Waals surface area contributed by atoms with Crippen LogP contribution in [-0.4, -0.2) is 65.4 Å². The molecule has 1 unspecified atom stereocenters. The molecule has 1 aliphatic heterocycles. The summed E-state index contributed by atoms with van der Waals surface area (Å²) >= 11 is 0. The molecule has 3 rings (SSSR count). The highest BCUT2D eigenvalue weighted by molar-refractivity contribution is 5.74. The highest BCUT2D eigenvalue weighted by Crippen LogP contribution is 2.29. The fourth-order valence-electron chi connectivity index (χ4n) is 3.28. The number of nitrogens with zero attached hydrogens (tertiary/aromatic N) is 4. The zero-order valence-corrected chi connectivity index (χ0v) is 15.4. The van der Waals surface area contributed by atoms with Crippen LogP contribution in [0.3, 0.4) is 0 Å². The van der Waals surface area contributed by atoms with Crippen LogP contribution in [-0.2, 0) is 11.2 Å². The zero-order valence-electron chi connectivity index (χ0n) is 15.4. The molecule has 7 heteroatoms. The molecule has 2 aliphatic rings. The minimum atomic E-state index is 0.114. The summed E-state index contributed by atoms with van der Waals surface area (Å²) in [6.07, 6.45) is 5.25. The van der Waals surface area contributed by atoms with Crippen LogP contribution in [0.5, 0.6) is 0 Å². The Bertz CT molecular complexity index is 554. The van der Waals surface area contributed by atoms with Gasteiger partial charge < -0.3 is 19.1 Å². The first kappa shape index (κ1) is 18.2. The summed E-state index contributed by atoms with van der Waals surface area (Å²) in [5.74, 6) is 2.28. The summed E-state index contributed by atoms with van der Waals surface area (Å²) in [6, 6.07) is 0.114. The summed E-state index contributed by atoms with van der Waals surface area (Å²) in [4.78, 5) is 20.9. The third-order valence-electron chi connectivity index (χ3n) is 5.08. The van der Waals surface area contributed by atoms with Gasteiger partial charge in [-0.2, -0.15) is 4.98 Å². The van der Waals surface area contributed by atoms with E-state index in [1.165, 1.54) is 12.8 Å². The number of urea groups is 1. The number of aromatic nitrogens is 2. The van der Waals surface area contributed by atoms with E-state index in [2.05, 4.69) is 10.1 Å². The number of carbonyl (C=O) groups is 1. The van der Waals surface area contributed by atoms with Crippen molar-refractivity contribution in [1.82, 2.24) is 19.9 Å². The van der Waals surface area contributed by atoms with E-state index in [1.807, 2.05) is 23.6 Å². The van der Waals surface area contributed by atoms with E-state index < -0.39 is 0 Å². The van der Waals surface area contributed by atoms with Crippen LogP contribution in [0.1, 0.15) is 57.2 Å². The molecule has 140 valence electrons. The van der Waals surface area contributed by atoms with Crippen molar-refractivity contribution in [1.29, 1.82) is 0 Å². The highest BCUT2D eigenvalue weighted by atomic mass is 16.5. The van der Waals surface area contributed by atoms with Crippen molar-refractivity contribution in [2.24, 2.45) is 5.92 Å². The number of rotatable bonds is 8. The number of hydrogen-bond acceptors (Lipinski definition) is 5. The lowest BCUT2D eigenvalue weighted by atomic mass is 9.98. The third kappa shape index (κ3) is 4.93. The average Bonchev–Trinajstić information content (AvgIpc) is 3.35. The Morgan fingerprint density at radius 1 is 1.32 bits per heavy atom. The van der Waals surface area contributed by atoms with E-state index in [-0.39, 0.29) is 11.9 Å². The van der Waals surface area contributed by atoms with Gasteiger partial charge in [0.2, 0.25) is 5.89 Å². The number of likely N-dealkylation sites (tertiary alicyclic amines) is 1. The van der Waals surface area contributed by atoms with Crippen LogP contribution in [0.15, 0.2) is 4.52 Å². The van der Waals surface area contributed by atoms with Gasteiger partial charge in [-0.25, -0.2) is 4.79 Å². The van der Waals surface area contributed by atoms with Crippen LogP contribution in [0, 0.1) is 5.92 Å². The summed E-state index contributed by atoms with van der Waals surface area (Å²) in [7, 11) is 0. The Morgan fingerprint density at radius 2 is 2.12 bits per heavy atom. The van der Waals surface area contributed by atoms with E-state index in [4.69, 9.17) is 9.26 Å². The van der Waals surface area contributed by atoms with Gasteiger partial charge in [0.1, 0.15) is 0 Å². The van der Waals surface area contributed by atoms with Gasteiger partial charge in [-0.05, 0) is 45.4 Å². The number of piperidine rings is 1. The zero-order chi connectivity index (χ0) is 17.6. The van der Waals surface area contributed by atoms with Crippen molar-refractivity contribution in [2.75, 3.05) is 39.4 Å². The molecule has 7 nitrogen and oxygen atoms in total. The summed E-state index contributed by atoms with van der Waals surface area (Å²) in [5.41, 5.74) is 0. The van der Waals surface area contributed by atoms with Gasteiger partial charge in [-0.1, -0.05) is 5.16 Å². The SMILES string of the molecule is CCN(CC)C(=O)N1CCCC(c2nc(CCOCC3CC3)no2)C1. The van der Waals surface area contributed by atoms with Gasteiger partial charge in [0, 0.05) is 39.2 Å². The molecule has 1 saturated heterocycles. The number of amides is 2. The molecule has 1 saturated carbocycles. The Morgan fingerprint density at radius 3 is 2.84 bits per heavy atom. The molecule has 0 aromatic carbocycles. The van der Waals surface area contributed by atoms with Gasteiger partial charge in [0.25, 0.3) is 0 Å². The van der Waals surface area contributed by atoms with Crippen LogP contribution in [0.25, 0.3) is 0 Å². The Hall–Kier alpha value is -1.63. The van der Waals surface area contributed by atoms with Crippen molar-refractivity contribution in [3.05, 3.63) is 11.7 Å². The molecule has 0 spiro atoms. The van der Waals surface area contributed by atoms with Crippen molar-refractivity contribution in [2.45, 2.75) is 51.9 Å². The van der Waals surface area contributed by atoms with Crippen molar-refractivity contribution < 1.29 is 14.1 Å². The monoisotopic (exact) mass is 350 g/mol. The fraction of sp³-hybridized carbons (Fsp3) is 0.833. The van der Waals surface area contributed by atoms with Crippen LogP contribution in [0.4, 0.5) is 4.79 Å². The second-order valence-electron chi connectivity index (χ2n) is 7.06. The minimum absolute atomic E-state index is 0.114. The third-order valence-corrected chi connectivity index (χ3v) is 5.08. The molecule has 2 amide bonds. The van der Waals surface area contributed by atoms with Gasteiger partial charge in [0.05, 0.1) is 12.5 Å². The molecule has 0 bridgehead atoms. The predicted octanol–water partition coefficient (Wildman–Crippen LogP) is 2.68. The van der Waals surface area contributed by atoms with E-state index in [9.17, 15) is 4.79 Å². The maximum Gasteiger partial charge on any atom is 0.320 e. The highest BCUT2D eigenvalue weighted by Gasteiger charge is 2.30. The first-order valence-electron chi connectivity index (χ1n) is 9.65. The predicted molar refractivity (Wildman–Crippen MR) is 93.4 cm³/mol. The summed E-state index contributed by atoms with van der Waals surface area (Å²) < 4.78 is 11.1. The van der Waals surface area contributed by atoms with E-state index in [0.29, 0.717) is 31.3 Å². The second-order valence-corrected chi connectivity index (χ2v) is 7.06. The van der Waals surface area contributed by atoms with Crippen molar-refractivity contribution in [3.63, 3.8) is 0 Å². The quantitative estimate of drug-likeness (QED) is 0.674. The molecule has 25 heavy (non-hydrogen) atoms. The van der Waals surface area contributed by atoms with E-state index >= 15 is 0 Å². The maximum atomic E-state index is 12.5. The Balaban J connectivity index is 1.49. The van der Waals surface area contributed by atoms with Gasteiger partial charge >= 0.3 is 6.03 Å². The molecular weight excluding hydrogens is 320 g/mol. The standard InChI is InChI=1S/C18H30N4O3/c1-3-21(4-2)18(23)22-10-5-6-15(12-22)17-19-16(20-25-17)9-11-24-13-14-7-8-14/h14-15H,3-13H2,1-2H3. The van der Waals surface area contributed by atoms with Crippen LogP contribution >= 0.6 is 0 Å². The van der Waals surface area contributed by atoms with E-state index in [0.717, 1.165) is 45.0 Å². The first-order chi connectivity index (χ1) is 12.2.